The number of amides is 2. The Kier molecular flexibility index (Phi) is 6.07. The molecule has 1 heterocycles. The third-order valence-electron chi connectivity index (χ3n) is 4.27. The van der Waals surface area contributed by atoms with Crippen molar-refractivity contribution in [3.63, 3.8) is 0 Å². The van der Waals surface area contributed by atoms with Crippen LogP contribution >= 0.6 is 23.2 Å². The molecule has 0 saturated heterocycles. The minimum Gasteiger partial charge on any atom is -0.343 e. The maximum Gasteiger partial charge on any atom is 0.253 e. The van der Waals surface area contributed by atoms with Crippen LogP contribution in [0, 0.1) is 13.8 Å². The molecule has 0 saturated carbocycles. The summed E-state index contributed by atoms with van der Waals surface area (Å²) in [5.74, 6) is -0.773. The van der Waals surface area contributed by atoms with Gasteiger partial charge in [-0.25, -0.2) is 0 Å². The second kappa shape index (κ2) is 8.50. The van der Waals surface area contributed by atoms with Gasteiger partial charge in [-0.05, 0) is 68.4 Å². The summed E-state index contributed by atoms with van der Waals surface area (Å²) in [6.45, 7) is 3.91. The number of nitrogens with one attached hydrogen (secondary N) is 2. The van der Waals surface area contributed by atoms with E-state index >= 15 is 0 Å². The van der Waals surface area contributed by atoms with Crippen LogP contribution in [0.15, 0.2) is 54.6 Å². The zero-order valence-corrected chi connectivity index (χ0v) is 16.9. The number of aromatic nitrogens is 1. The van der Waals surface area contributed by atoms with E-state index < -0.39 is 5.91 Å². The summed E-state index contributed by atoms with van der Waals surface area (Å²) in [6.07, 6.45) is 0. The molecule has 0 aliphatic heterocycles. The van der Waals surface area contributed by atoms with Crippen molar-refractivity contribution in [1.82, 2.24) is 9.88 Å². The van der Waals surface area contributed by atoms with E-state index in [1.807, 2.05) is 38.1 Å². The van der Waals surface area contributed by atoms with Gasteiger partial charge in [-0.2, -0.15) is 0 Å². The molecule has 0 fully saturated rings. The molecule has 0 radical (unpaired) electrons. The Morgan fingerprint density at radius 2 is 1.57 bits per heavy atom. The molecule has 0 unspecified atom stereocenters. The van der Waals surface area contributed by atoms with Crippen molar-refractivity contribution >= 4 is 40.7 Å². The zero-order valence-electron chi connectivity index (χ0n) is 15.4. The molecule has 0 aliphatic rings. The van der Waals surface area contributed by atoms with Crippen molar-refractivity contribution in [3.8, 4) is 5.69 Å². The monoisotopic (exact) mass is 415 g/mol. The molecular formula is C21H19Cl2N3O2. The highest BCUT2D eigenvalue weighted by Crippen LogP contribution is 2.21. The van der Waals surface area contributed by atoms with E-state index in [2.05, 4.69) is 27.3 Å². The predicted molar refractivity (Wildman–Crippen MR) is 113 cm³/mol. The number of hydrogen-bond donors (Lipinski definition) is 2. The van der Waals surface area contributed by atoms with Gasteiger partial charge >= 0.3 is 0 Å². The molecule has 0 aliphatic carbocycles. The van der Waals surface area contributed by atoms with Gasteiger partial charge < -0.3 is 15.2 Å². The summed E-state index contributed by atoms with van der Waals surface area (Å²) < 4.78 is 2.13. The first kappa shape index (κ1) is 20.0. The van der Waals surface area contributed by atoms with Gasteiger partial charge in [0.05, 0.1) is 17.1 Å². The van der Waals surface area contributed by atoms with Crippen LogP contribution in [0.2, 0.25) is 10.0 Å². The molecule has 5 nitrogen and oxygen atoms in total. The Hall–Kier alpha value is -2.76. The number of carbonyl (C=O) groups excluding carboxylic acids is 2. The minimum atomic E-state index is -0.439. The molecular weight excluding hydrogens is 397 g/mol. The Morgan fingerprint density at radius 3 is 2.18 bits per heavy atom. The highest BCUT2D eigenvalue weighted by atomic mass is 35.5. The lowest BCUT2D eigenvalue weighted by Gasteiger charge is -2.11. The van der Waals surface area contributed by atoms with Crippen LogP contribution in [-0.4, -0.2) is 22.9 Å². The van der Waals surface area contributed by atoms with Gasteiger partial charge in [-0.15, -0.1) is 0 Å². The van der Waals surface area contributed by atoms with Crippen molar-refractivity contribution in [3.05, 3.63) is 81.6 Å². The molecule has 0 spiro atoms. The molecule has 144 valence electrons. The Bertz CT molecular complexity index is 1010. The third kappa shape index (κ3) is 4.55. The van der Waals surface area contributed by atoms with Crippen LogP contribution < -0.4 is 10.6 Å². The second-order valence-electron chi connectivity index (χ2n) is 6.35. The maximum absolute atomic E-state index is 12.2. The van der Waals surface area contributed by atoms with Gasteiger partial charge in [0.25, 0.3) is 5.91 Å². The first-order valence-electron chi connectivity index (χ1n) is 8.63. The van der Waals surface area contributed by atoms with E-state index in [-0.39, 0.29) is 23.0 Å². The fraction of sp³-hybridized carbons (Fsp3) is 0.143. The lowest BCUT2D eigenvalue weighted by atomic mass is 10.2. The highest BCUT2D eigenvalue weighted by molar-refractivity contribution is 6.36. The van der Waals surface area contributed by atoms with Gasteiger partial charge in [0.15, 0.2) is 0 Å². The van der Waals surface area contributed by atoms with E-state index in [9.17, 15) is 9.59 Å². The van der Waals surface area contributed by atoms with E-state index in [4.69, 9.17) is 23.2 Å². The van der Waals surface area contributed by atoms with Crippen LogP contribution in [0.5, 0.6) is 0 Å². The minimum absolute atomic E-state index is 0.171. The van der Waals surface area contributed by atoms with Crippen LogP contribution in [-0.2, 0) is 4.79 Å². The normalized spacial score (nSPS) is 10.6. The van der Waals surface area contributed by atoms with Gasteiger partial charge in [-0.3, -0.25) is 9.59 Å². The van der Waals surface area contributed by atoms with Crippen molar-refractivity contribution in [2.75, 3.05) is 11.9 Å². The Morgan fingerprint density at radius 1 is 0.929 bits per heavy atom. The smallest absolute Gasteiger partial charge is 0.253 e. The summed E-state index contributed by atoms with van der Waals surface area (Å²) in [6, 6.07) is 16.2. The van der Waals surface area contributed by atoms with E-state index in [1.165, 1.54) is 12.1 Å². The topological polar surface area (TPSA) is 63.1 Å². The van der Waals surface area contributed by atoms with Crippen molar-refractivity contribution in [2.45, 2.75) is 13.8 Å². The van der Waals surface area contributed by atoms with E-state index in [0.717, 1.165) is 17.1 Å². The lowest BCUT2D eigenvalue weighted by molar-refractivity contribution is -0.115. The first-order valence-corrected chi connectivity index (χ1v) is 9.39. The second-order valence-corrected chi connectivity index (χ2v) is 7.20. The average molecular weight is 416 g/mol. The Labute approximate surface area is 173 Å². The van der Waals surface area contributed by atoms with Gasteiger partial charge in [0, 0.05) is 27.8 Å². The van der Waals surface area contributed by atoms with Crippen molar-refractivity contribution in [1.29, 1.82) is 0 Å². The highest BCUT2D eigenvalue weighted by Gasteiger charge is 2.12. The molecule has 0 atom stereocenters. The number of rotatable bonds is 5. The molecule has 3 aromatic rings. The van der Waals surface area contributed by atoms with Crippen LogP contribution in [0.3, 0.4) is 0 Å². The van der Waals surface area contributed by atoms with E-state index in [1.54, 1.807) is 6.07 Å². The fourth-order valence-corrected chi connectivity index (χ4v) is 3.40. The van der Waals surface area contributed by atoms with Gasteiger partial charge in [0.1, 0.15) is 0 Å². The SMILES string of the molecule is Cc1ccc(C)n1-c1ccc(NC(=O)CNC(=O)c2ccc(Cl)cc2Cl)cc1. The number of anilines is 1. The van der Waals surface area contributed by atoms with E-state index in [0.29, 0.717) is 10.7 Å². The summed E-state index contributed by atoms with van der Waals surface area (Å²) in [7, 11) is 0. The largest absolute Gasteiger partial charge is 0.343 e. The third-order valence-corrected chi connectivity index (χ3v) is 4.81. The van der Waals surface area contributed by atoms with Crippen LogP contribution in [0.4, 0.5) is 5.69 Å². The lowest BCUT2D eigenvalue weighted by Crippen LogP contribution is -2.33. The summed E-state index contributed by atoms with van der Waals surface area (Å²) >= 11 is 11.8. The number of halogens is 2. The Balaban J connectivity index is 1.58. The molecule has 1 aromatic heterocycles. The molecule has 3 rings (SSSR count). The molecule has 7 heteroatoms. The first-order chi connectivity index (χ1) is 13.3. The number of carbonyl (C=O) groups is 2. The number of nitrogens with zero attached hydrogens (tertiary/aromatic N) is 1. The summed E-state index contributed by atoms with van der Waals surface area (Å²) in [5.41, 5.74) is 4.20. The molecule has 2 amide bonds. The maximum atomic E-state index is 12.2. The van der Waals surface area contributed by atoms with Gasteiger partial charge in [0.2, 0.25) is 5.91 Å². The number of hydrogen-bond acceptors (Lipinski definition) is 2. The van der Waals surface area contributed by atoms with Gasteiger partial charge in [-0.1, -0.05) is 23.2 Å². The van der Waals surface area contributed by atoms with Crippen molar-refractivity contribution < 1.29 is 9.59 Å². The van der Waals surface area contributed by atoms with Crippen molar-refractivity contribution in [2.24, 2.45) is 0 Å². The number of aryl methyl sites for hydroxylation is 2. The summed E-state index contributed by atoms with van der Waals surface area (Å²) in [4.78, 5) is 24.3. The fourth-order valence-electron chi connectivity index (χ4n) is 2.90. The van der Waals surface area contributed by atoms with Crippen LogP contribution in [0.1, 0.15) is 21.7 Å². The molecule has 28 heavy (non-hydrogen) atoms. The standard InChI is InChI=1S/C21H19Cl2N3O2/c1-13-3-4-14(2)26(13)17-8-6-16(7-9-17)25-20(27)12-24-21(28)18-10-5-15(22)11-19(18)23/h3-11H,12H2,1-2H3,(H,24,28)(H,25,27). The summed E-state index contributed by atoms with van der Waals surface area (Å²) in [5, 5.41) is 5.97. The number of benzene rings is 2. The zero-order chi connectivity index (χ0) is 20.3. The molecule has 0 bridgehead atoms. The quantitative estimate of drug-likeness (QED) is 0.630. The van der Waals surface area contributed by atoms with Crippen LogP contribution in [0.25, 0.3) is 5.69 Å². The molecule has 2 N–H and O–H groups in total. The average Bonchev–Trinajstić information content (AvgIpc) is 2.99. The molecule has 2 aromatic carbocycles. The predicted octanol–water partition coefficient (Wildman–Crippen LogP) is 4.77.